The van der Waals surface area contributed by atoms with E-state index in [-0.39, 0.29) is 18.8 Å². The third-order valence-electron chi connectivity index (χ3n) is 3.83. The number of nitrogens with two attached hydrogens (primary N) is 1. The minimum absolute atomic E-state index is 0.0414. The van der Waals surface area contributed by atoms with Gasteiger partial charge in [0.05, 0.1) is 13.7 Å². The van der Waals surface area contributed by atoms with Crippen molar-refractivity contribution in [3.63, 3.8) is 0 Å². The molecule has 10 nitrogen and oxygen atoms in total. The molecule has 0 saturated heterocycles. The van der Waals surface area contributed by atoms with Gasteiger partial charge in [-0.25, -0.2) is 4.57 Å². The summed E-state index contributed by atoms with van der Waals surface area (Å²) in [6.07, 6.45) is 3.59. The summed E-state index contributed by atoms with van der Waals surface area (Å²) in [6.45, 7) is 6.38. The van der Waals surface area contributed by atoms with Crippen molar-refractivity contribution >= 4 is 19.8 Å². The quantitative estimate of drug-likeness (QED) is 0.165. The summed E-state index contributed by atoms with van der Waals surface area (Å²) in [5.41, 5.74) is 6.23. The number of carboxylic acid groups (broad SMARTS) is 1. The number of allylic oxidation sites excluding steroid dienone is 3. The highest BCUT2D eigenvalue weighted by molar-refractivity contribution is 7.47. The molecule has 0 spiro atoms. The van der Waals surface area contributed by atoms with Crippen LogP contribution in [-0.4, -0.2) is 41.7 Å². The molecule has 0 aliphatic heterocycles. The van der Waals surface area contributed by atoms with E-state index in [1.54, 1.807) is 18.2 Å². The monoisotopic (exact) mass is 455 g/mol. The molecule has 2 atom stereocenters. The van der Waals surface area contributed by atoms with Crippen LogP contribution in [0, 0.1) is 0 Å². The third kappa shape index (κ3) is 9.63. The number of carbonyl (C=O) groups is 2. The zero-order valence-electron chi connectivity index (χ0n) is 17.1. The molecule has 0 aliphatic rings. The molecular weight excluding hydrogens is 429 g/mol. The standard InChI is InChI=1S/C20H26NO9P/c1-4-7-15(14(2)27-3)10-11-19(22)28-12-16-8-5-6-9-18(16)30-31(25,26)29-13-17(21)20(23)24/h4-9,17H,1-2,10-13,21H2,3H3,(H,23,24)(H,25,26)/b15-7-/t17-/m0/s1. The van der Waals surface area contributed by atoms with Gasteiger partial charge in [-0.2, -0.15) is 0 Å². The number of aliphatic carboxylic acids is 1. The molecule has 0 radical (unpaired) electrons. The average molecular weight is 455 g/mol. The number of hydrogen-bond donors (Lipinski definition) is 3. The van der Waals surface area contributed by atoms with Crippen molar-refractivity contribution in [1.29, 1.82) is 0 Å². The lowest BCUT2D eigenvalue weighted by Crippen LogP contribution is -2.34. The average Bonchev–Trinajstić information content (AvgIpc) is 2.73. The summed E-state index contributed by atoms with van der Waals surface area (Å²) in [4.78, 5) is 32.6. The Labute approximate surface area is 180 Å². The smallest absolute Gasteiger partial charge is 0.497 e. The largest absolute Gasteiger partial charge is 0.527 e. The van der Waals surface area contributed by atoms with E-state index in [2.05, 4.69) is 17.7 Å². The van der Waals surface area contributed by atoms with Crippen LogP contribution in [0.15, 0.2) is 60.9 Å². The minimum atomic E-state index is -4.65. The van der Waals surface area contributed by atoms with Crippen LogP contribution >= 0.6 is 7.82 Å². The Bertz CT molecular complexity index is 881. The van der Waals surface area contributed by atoms with E-state index in [1.807, 2.05) is 0 Å². The number of rotatable bonds is 14. The van der Waals surface area contributed by atoms with Gasteiger partial charge in [-0.1, -0.05) is 43.5 Å². The Morgan fingerprint density at radius 1 is 1.29 bits per heavy atom. The molecule has 1 unspecified atom stereocenters. The first-order valence-corrected chi connectivity index (χ1v) is 10.5. The number of benzene rings is 1. The van der Waals surface area contributed by atoms with Crippen LogP contribution in [0.5, 0.6) is 5.75 Å². The minimum Gasteiger partial charge on any atom is -0.497 e. The molecule has 0 bridgehead atoms. The van der Waals surface area contributed by atoms with Crippen LogP contribution in [0.4, 0.5) is 0 Å². The fourth-order valence-electron chi connectivity index (χ4n) is 2.16. The van der Waals surface area contributed by atoms with Crippen LogP contribution in [0.1, 0.15) is 18.4 Å². The van der Waals surface area contributed by atoms with E-state index in [0.717, 1.165) is 0 Å². The summed E-state index contributed by atoms with van der Waals surface area (Å²) in [5, 5.41) is 8.70. The Morgan fingerprint density at radius 2 is 1.97 bits per heavy atom. The van der Waals surface area contributed by atoms with Gasteiger partial charge < -0.3 is 24.8 Å². The van der Waals surface area contributed by atoms with Gasteiger partial charge in [0.1, 0.15) is 24.2 Å². The molecule has 0 fully saturated rings. The zero-order valence-corrected chi connectivity index (χ0v) is 18.0. The van der Waals surface area contributed by atoms with Crippen molar-refractivity contribution in [2.45, 2.75) is 25.5 Å². The topological polar surface area (TPSA) is 155 Å². The van der Waals surface area contributed by atoms with Gasteiger partial charge in [-0.15, -0.1) is 0 Å². The summed E-state index contributed by atoms with van der Waals surface area (Å²) in [6, 6.07) is 4.57. The molecule has 1 rings (SSSR count). The van der Waals surface area contributed by atoms with E-state index in [1.165, 1.54) is 25.3 Å². The van der Waals surface area contributed by atoms with Gasteiger partial charge >= 0.3 is 19.8 Å². The Kier molecular flexibility index (Phi) is 10.7. The second kappa shape index (κ2) is 12.7. The van der Waals surface area contributed by atoms with Gasteiger partial charge in [0.15, 0.2) is 0 Å². The first-order chi connectivity index (χ1) is 14.6. The van der Waals surface area contributed by atoms with Crippen LogP contribution in [-0.2, 0) is 34.8 Å². The number of carbonyl (C=O) groups excluding carboxylic acids is 1. The number of methoxy groups -OCH3 is 1. The van der Waals surface area contributed by atoms with Gasteiger partial charge in [-0.05, 0) is 18.1 Å². The van der Waals surface area contributed by atoms with E-state index in [9.17, 15) is 19.0 Å². The molecule has 0 heterocycles. The van der Waals surface area contributed by atoms with Crippen molar-refractivity contribution in [3.05, 3.63) is 66.5 Å². The summed E-state index contributed by atoms with van der Waals surface area (Å²) in [7, 11) is -3.19. The maximum atomic E-state index is 12.1. The lowest BCUT2D eigenvalue weighted by Gasteiger charge is -2.16. The predicted octanol–water partition coefficient (Wildman–Crippen LogP) is 2.69. The van der Waals surface area contributed by atoms with Crippen molar-refractivity contribution in [2.24, 2.45) is 5.73 Å². The molecule has 11 heteroatoms. The molecule has 0 aliphatic carbocycles. The molecule has 31 heavy (non-hydrogen) atoms. The van der Waals surface area contributed by atoms with Crippen LogP contribution in [0.25, 0.3) is 0 Å². The SMILES string of the molecule is C=C/C=C(/CCC(=O)OCc1ccccc1OP(=O)(O)OC[C@H](N)C(=O)O)C(=C)OC. The molecule has 0 saturated carbocycles. The van der Waals surface area contributed by atoms with Crippen molar-refractivity contribution in [2.75, 3.05) is 13.7 Å². The number of phosphoric acid groups is 1. The van der Waals surface area contributed by atoms with Crippen LogP contribution in [0.3, 0.4) is 0 Å². The first kappa shape index (κ1) is 26.1. The lowest BCUT2D eigenvalue weighted by atomic mass is 10.1. The highest BCUT2D eigenvalue weighted by Gasteiger charge is 2.27. The fraction of sp³-hybridized carbons (Fsp3) is 0.300. The van der Waals surface area contributed by atoms with Crippen molar-refractivity contribution < 1.29 is 42.7 Å². The number of para-hydroxylation sites is 1. The molecule has 1 aromatic carbocycles. The van der Waals surface area contributed by atoms with Gasteiger partial charge in [0.2, 0.25) is 0 Å². The zero-order chi connectivity index (χ0) is 23.4. The third-order valence-corrected chi connectivity index (χ3v) is 4.73. The number of carboxylic acids is 1. The van der Waals surface area contributed by atoms with Crippen LogP contribution < -0.4 is 10.3 Å². The maximum absolute atomic E-state index is 12.1. The van der Waals surface area contributed by atoms with Gasteiger partial charge in [0.25, 0.3) is 0 Å². The van der Waals surface area contributed by atoms with Gasteiger partial charge in [0, 0.05) is 12.0 Å². The maximum Gasteiger partial charge on any atom is 0.527 e. The van der Waals surface area contributed by atoms with E-state index >= 15 is 0 Å². The molecule has 4 N–H and O–H groups in total. The second-order valence-electron chi connectivity index (χ2n) is 6.12. The highest BCUT2D eigenvalue weighted by atomic mass is 31.2. The van der Waals surface area contributed by atoms with E-state index in [0.29, 0.717) is 23.3 Å². The molecule has 0 amide bonds. The molecule has 0 aromatic heterocycles. The lowest BCUT2D eigenvalue weighted by molar-refractivity contribution is -0.145. The molecular formula is C20H26NO9P. The van der Waals surface area contributed by atoms with Crippen molar-refractivity contribution in [1.82, 2.24) is 0 Å². The molecule has 1 aromatic rings. The number of hydrogen-bond acceptors (Lipinski definition) is 8. The van der Waals surface area contributed by atoms with Crippen LogP contribution in [0.2, 0.25) is 0 Å². The van der Waals surface area contributed by atoms with E-state index < -0.39 is 32.4 Å². The summed E-state index contributed by atoms with van der Waals surface area (Å²) in [5.74, 6) is -1.57. The normalized spacial score (nSPS) is 14.1. The Balaban J connectivity index is 2.69. The number of ether oxygens (including phenoxy) is 2. The van der Waals surface area contributed by atoms with E-state index in [4.69, 9.17) is 24.8 Å². The molecule has 170 valence electrons. The number of phosphoric ester groups is 1. The first-order valence-electron chi connectivity index (χ1n) is 9.03. The van der Waals surface area contributed by atoms with Gasteiger partial charge in [-0.3, -0.25) is 19.0 Å². The Hall–Kier alpha value is -2.91. The second-order valence-corrected chi connectivity index (χ2v) is 7.50. The van der Waals surface area contributed by atoms with Crippen molar-refractivity contribution in [3.8, 4) is 5.75 Å². The Morgan fingerprint density at radius 3 is 2.58 bits per heavy atom. The number of esters is 1. The fourth-order valence-corrected chi connectivity index (χ4v) is 2.99. The summed E-state index contributed by atoms with van der Waals surface area (Å²) < 4.78 is 31.9. The summed E-state index contributed by atoms with van der Waals surface area (Å²) >= 11 is 0. The highest BCUT2D eigenvalue weighted by Crippen LogP contribution is 2.44. The predicted molar refractivity (Wildman–Crippen MR) is 112 cm³/mol.